The van der Waals surface area contributed by atoms with Gasteiger partial charge in [0.05, 0.1) is 18.1 Å². The lowest BCUT2D eigenvalue weighted by Crippen LogP contribution is -2.58. The van der Waals surface area contributed by atoms with Crippen LogP contribution in [-0.4, -0.2) is 50.1 Å². The summed E-state index contributed by atoms with van der Waals surface area (Å²) < 4.78 is 3.90. The molecule has 12 nitrogen and oxygen atoms in total. The molecule has 0 radical (unpaired) electrons. The molecule has 43 heavy (non-hydrogen) atoms. The Balaban J connectivity index is 1.83. The summed E-state index contributed by atoms with van der Waals surface area (Å²) in [5.41, 5.74) is -1.77. The van der Waals surface area contributed by atoms with Crippen LogP contribution in [-0.2, 0) is 14.4 Å². The highest BCUT2D eigenvalue weighted by Gasteiger charge is 2.37. The average molecular weight is 597 g/mol. The molecule has 234 valence electrons. The molecule has 1 aromatic rings. The van der Waals surface area contributed by atoms with Crippen molar-refractivity contribution in [2.45, 2.75) is 140 Å². The van der Waals surface area contributed by atoms with Gasteiger partial charge < -0.3 is 0 Å². The average Bonchev–Trinajstić information content (AvgIpc) is 3.00. The minimum absolute atomic E-state index is 0.00650. The molecule has 1 heterocycles. The van der Waals surface area contributed by atoms with Crippen LogP contribution in [0.5, 0.6) is 0 Å². The molecular formula is C31H44N6O6. The van der Waals surface area contributed by atoms with Gasteiger partial charge in [-0.2, -0.15) is 0 Å². The summed E-state index contributed by atoms with van der Waals surface area (Å²) >= 11 is 0. The van der Waals surface area contributed by atoms with Crippen molar-refractivity contribution >= 4 is 18.2 Å². The third kappa shape index (κ3) is 7.04. The lowest BCUT2D eigenvalue weighted by Gasteiger charge is -2.36. The van der Waals surface area contributed by atoms with E-state index in [1.165, 1.54) is 13.7 Å². The molecular weight excluding hydrogens is 552 g/mol. The van der Waals surface area contributed by atoms with Gasteiger partial charge in [0, 0.05) is 18.1 Å². The van der Waals surface area contributed by atoms with Crippen LogP contribution in [0, 0.1) is 17.8 Å². The van der Waals surface area contributed by atoms with Crippen LogP contribution < -0.4 is 17.1 Å². The van der Waals surface area contributed by atoms with Crippen molar-refractivity contribution in [2.75, 3.05) is 0 Å². The van der Waals surface area contributed by atoms with Gasteiger partial charge in [-0.05, 0) is 95.8 Å². The van der Waals surface area contributed by atoms with E-state index in [0.29, 0.717) is 44.9 Å². The summed E-state index contributed by atoms with van der Waals surface area (Å²) in [6, 6.07) is -2.09. The fourth-order valence-corrected chi connectivity index (χ4v) is 8.04. The Morgan fingerprint density at radius 1 is 0.605 bits per heavy atom. The number of rotatable bonds is 10. The molecule has 3 saturated carbocycles. The Kier molecular flexibility index (Phi) is 11.2. The Morgan fingerprint density at radius 3 is 1.30 bits per heavy atom. The van der Waals surface area contributed by atoms with Crippen molar-refractivity contribution in [1.29, 1.82) is 0 Å². The zero-order valence-electron chi connectivity index (χ0n) is 25.5. The van der Waals surface area contributed by atoms with E-state index >= 15 is 0 Å². The molecule has 3 aliphatic carbocycles. The maximum Gasteiger partial charge on any atom is 0.336 e. The van der Waals surface area contributed by atoms with E-state index in [1.54, 1.807) is 18.2 Å². The molecule has 9 atom stereocenters. The molecule has 0 spiro atoms. The van der Waals surface area contributed by atoms with Crippen LogP contribution >= 0.6 is 0 Å². The summed E-state index contributed by atoms with van der Waals surface area (Å²) in [6.07, 6.45) is 13.7. The second-order valence-electron chi connectivity index (χ2n) is 12.8. The zero-order valence-corrected chi connectivity index (χ0v) is 25.5. The number of aliphatic imine (C=N–C) groups is 3. The summed E-state index contributed by atoms with van der Waals surface area (Å²) in [4.78, 5) is 87.6. The van der Waals surface area contributed by atoms with E-state index in [4.69, 9.17) is 0 Å². The molecule has 0 N–H and O–H groups in total. The van der Waals surface area contributed by atoms with Crippen molar-refractivity contribution in [3.05, 3.63) is 31.5 Å². The number of nitrogens with zero attached hydrogens (tertiary/aromatic N) is 6. The molecule has 0 aromatic carbocycles. The first kappa shape index (κ1) is 32.5. The van der Waals surface area contributed by atoms with Gasteiger partial charge in [0.25, 0.3) is 0 Å². The lowest BCUT2D eigenvalue weighted by molar-refractivity contribution is 0.180. The molecule has 0 amide bonds. The molecule has 3 fully saturated rings. The van der Waals surface area contributed by atoms with E-state index in [1.807, 2.05) is 20.8 Å². The molecule has 12 heteroatoms. The molecule has 0 bridgehead atoms. The maximum absolute atomic E-state index is 14.3. The van der Waals surface area contributed by atoms with Crippen molar-refractivity contribution in [3.8, 4) is 0 Å². The number of hydrogen-bond donors (Lipinski definition) is 0. The smallest absolute Gasteiger partial charge is 0.247 e. The van der Waals surface area contributed by atoms with Gasteiger partial charge in [0.2, 0.25) is 18.2 Å². The second-order valence-corrected chi connectivity index (χ2v) is 12.8. The van der Waals surface area contributed by atoms with Gasteiger partial charge in [-0.1, -0.05) is 26.2 Å². The summed E-state index contributed by atoms with van der Waals surface area (Å²) in [7, 11) is 0. The molecule has 4 rings (SSSR count). The number of aromatic nitrogens is 3. The van der Waals surface area contributed by atoms with Crippen LogP contribution in [0.4, 0.5) is 0 Å². The number of isocyanates is 3. The van der Waals surface area contributed by atoms with E-state index in [9.17, 15) is 28.8 Å². The first-order valence-electron chi connectivity index (χ1n) is 16.0. The highest BCUT2D eigenvalue weighted by atomic mass is 16.2. The second kappa shape index (κ2) is 14.8. The predicted molar refractivity (Wildman–Crippen MR) is 160 cm³/mol. The van der Waals surface area contributed by atoms with Gasteiger partial charge in [-0.15, -0.1) is 0 Å². The summed E-state index contributed by atoms with van der Waals surface area (Å²) in [5.74, 6) is 0.0339. The van der Waals surface area contributed by atoms with E-state index < -0.39 is 35.2 Å². The highest BCUT2D eigenvalue weighted by Crippen LogP contribution is 2.38. The third-order valence-corrected chi connectivity index (χ3v) is 10.5. The maximum atomic E-state index is 14.3. The van der Waals surface area contributed by atoms with E-state index in [2.05, 4.69) is 15.0 Å². The summed E-state index contributed by atoms with van der Waals surface area (Å²) in [6.45, 7) is 5.65. The molecule has 1 aromatic heterocycles. The van der Waals surface area contributed by atoms with Gasteiger partial charge in [-0.25, -0.2) is 57.4 Å². The Hall–Kier alpha value is -3.45. The number of hydrogen-bond acceptors (Lipinski definition) is 9. The van der Waals surface area contributed by atoms with Gasteiger partial charge in [0.15, 0.2) is 0 Å². The molecule has 0 saturated heterocycles. The Morgan fingerprint density at radius 2 is 0.953 bits per heavy atom. The van der Waals surface area contributed by atoms with Crippen molar-refractivity contribution in [3.63, 3.8) is 0 Å². The Bertz CT molecular complexity index is 1380. The standard InChI is InChI=1S/C31H44N6O6/c1-4-28(34-19-40)24-10-7-13-27(16-24)37-30(42)35(25-11-5-8-22(14-25)20(2)32-17-38)29(41)36(31(37)43)26-12-6-9-23(15-26)21(3)33-18-39/h20-28H,4-16H2,1-3H3. The molecule has 9 unspecified atom stereocenters. The van der Waals surface area contributed by atoms with Gasteiger partial charge in [-0.3, -0.25) is 0 Å². The monoisotopic (exact) mass is 596 g/mol. The zero-order chi connectivity index (χ0) is 31.1. The van der Waals surface area contributed by atoms with Gasteiger partial charge in [0.1, 0.15) is 0 Å². The Labute approximate surface area is 251 Å². The molecule has 0 aliphatic heterocycles. The third-order valence-electron chi connectivity index (χ3n) is 10.5. The SMILES string of the molecule is CCC(N=C=O)C1CCCC(n2c(=O)n(C3CCCC(C(C)N=C=O)C3)c(=O)n(C3CCCC(C(C)N=C=O)C3)c2=O)C1. The lowest BCUT2D eigenvalue weighted by atomic mass is 9.80. The topological polar surface area (TPSA) is 154 Å². The van der Waals surface area contributed by atoms with Crippen LogP contribution in [0.15, 0.2) is 29.4 Å². The fourth-order valence-electron chi connectivity index (χ4n) is 8.04. The fraction of sp³-hybridized carbons (Fsp3) is 0.806. The predicted octanol–water partition coefficient (Wildman–Crippen LogP) is 3.93. The minimum Gasteiger partial charge on any atom is -0.247 e. The van der Waals surface area contributed by atoms with Crippen molar-refractivity contribution in [1.82, 2.24) is 13.7 Å². The highest BCUT2D eigenvalue weighted by molar-refractivity contribution is 5.34. The first-order valence-corrected chi connectivity index (χ1v) is 16.0. The van der Waals surface area contributed by atoms with Crippen LogP contribution in [0.3, 0.4) is 0 Å². The summed E-state index contributed by atoms with van der Waals surface area (Å²) in [5, 5.41) is 0. The number of carbonyl (C=O) groups excluding carboxylic acids is 3. The largest absolute Gasteiger partial charge is 0.336 e. The quantitative estimate of drug-likeness (QED) is 0.294. The first-order chi connectivity index (χ1) is 20.7. The van der Waals surface area contributed by atoms with Crippen molar-refractivity contribution < 1.29 is 14.4 Å². The molecule has 3 aliphatic rings. The van der Waals surface area contributed by atoms with Crippen LogP contribution in [0.25, 0.3) is 0 Å². The van der Waals surface area contributed by atoms with Crippen molar-refractivity contribution in [2.24, 2.45) is 32.7 Å². The van der Waals surface area contributed by atoms with E-state index in [-0.39, 0.29) is 35.9 Å². The van der Waals surface area contributed by atoms with Gasteiger partial charge >= 0.3 is 17.1 Å². The normalized spacial score (nSPS) is 29.7. The van der Waals surface area contributed by atoms with E-state index in [0.717, 1.165) is 38.5 Å². The van der Waals surface area contributed by atoms with Crippen LogP contribution in [0.2, 0.25) is 0 Å². The minimum atomic E-state index is -0.593. The van der Waals surface area contributed by atoms with Crippen LogP contribution in [0.1, 0.15) is 122 Å².